The van der Waals surface area contributed by atoms with E-state index in [0.717, 1.165) is 25.1 Å². The molecule has 1 N–H and O–H groups in total. The highest BCUT2D eigenvalue weighted by Gasteiger charge is 2.19. The molecule has 1 amide bonds. The molecule has 2 aromatic carbocycles. The van der Waals surface area contributed by atoms with Crippen molar-refractivity contribution >= 4 is 23.0 Å². The van der Waals surface area contributed by atoms with Crippen molar-refractivity contribution in [3.63, 3.8) is 0 Å². The summed E-state index contributed by atoms with van der Waals surface area (Å²) >= 11 is 0. The maximum absolute atomic E-state index is 12.6. The first-order valence-electron chi connectivity index (χ1n) is 9.80. The Bertz CT molecular complexity index is 1050. The first-order valence-corrected chi connectivity index (χ1v) is 9.80. The Balaban J connectivity index is 1.32. The molecule has 6 nitrogen and oxygen atoms in total. The predicted molar refractivity (Wildman–Crippen MR) is 111 cm³/mol. The van der Waals surface area contributed by atoms with Crippen LogP contribution in [0.5, 0.6) is 11.5 Å². The van der Waals surface area contributed by atoms with E-state index in [1.165, 1.54) is 11.3 Å². The Hall–Kier alpha value is -3.54. The number of carbonyl (C=O) groups excluding carboxylic acids is 1. The summed E-state index contributed by atoms with van der Waals surface area (Å²) in [4.78, 5) is 19.3. The molecular weight excluding hydrogens is 366 g/mol. The van der Waals surface area contributed by atoms with Gasteiger partial charge in [0, 0.05) is 24.0 Å². The first-order chi connectivity index (χ1) is 14.3. The second-order valence-corrected chi connectivity index (χ2v) is 7.10. The topological polar surface area (TPSA) is 63.7 Å². The maximum Gasteiger partial charge on any atom is 0.274 e. The molecule has 0 fully saturated rings. The van der Waals surface area contributed by atoms with Crippen molar-refractivity contribution in [2.24, 2.45) is 0 Å². The van der Waals surface area contributed by atoms with E-state index in [4.69, 9.17) is 9.47 Å². The Morgan fingerprint density at radius 3 is 2.72 bits per heavy atom. The predicted octanol–water partition coefficient (Wildman–Crippen LogP) is 4.19. The van der Waals surface area contributed by atoms with Gasteiger partial charge in [-0.2, -0.15) is 0 Å². The van der Waals surface area contributed by atoms with E-state index in [2.05, 4.69) is 39.5 Å². The van der Waals surface area contributed by atoms with Crippen LogP contribution in [-0.2, 0) is 6.42 Å². The van der Waals surface area contributed by atoms with Gasteiger partial charge in [-0.15, -0.1) is 0 Å². The van der Waals surface area contributed by atoms with Gasteiger partial charge in [-0.05, 0) is 48.7 Å². The van der Waals surface area contributed by atoms with Gasteiger partial charge in [-0.1, -0.05) is 18.2 Å². The first kappa shape index (κ1) is 17.6. The summed E-state index contributed by atoms with van der Waals surface area (Å²) in [6.07, 6.45) is 3.96. The van der Waals surface area contributed by atoms with Crippen LogP contribution in [0.25, 0.3) is 0 Å². The molecule has 0 bridgehead atoms. The number of nitrogens with zero attached hydrogens (tertiary/aromatic N) is 2. The minimum absolute atomic E-state index is 0.257. The van der Waals surface area contributed by atoms with Gasteiger partial charge in [-0.25, -0.2) is 4.98 Å². The van der Waals surface area contributed by atoms with Gasteiger partial charge in [-0.3, -0.25) is 4.79 Å². The molecule has 3 aromatic rings. The molecule has 0 saturated carbocycles. The van der Waals surface area contributed by atoms with E-state index in [0.29, 0.717) is 36.1 Å². The summed E-state index contributed by atoms with van der Waals surface area (Å²) in [5, 5.41) is 2.87. The largest absolute Gasteiger partial charge is 0.486 e. The number of hydrogen-bond acceptors (Lipinski definition) is 5. The molecule has 3 heterocycles. The third-order valence-corrected chi connectivity index (χ3v) is 5.20. The molecule has 2 aliphatic rings. The van der Waals surface area contributed by atoms with Gasteiger partial charge in [0.05, 0.1) is 11.9 Å². The van der Waals surface area contributed by atoms with Gasteiger partial charge in [0.15, 0.2) is 11.5 Å². The van der Waals surface area contributed by atoms with Crippen LogP contribution in [0.3, 0.4) is 0 Å². The van der Waals surface area contributed by atoms with E-state index in [1.54, 1.807) is 30.5 Å². The summed E-state index contributed by atoms with van der Waals surface area (Å²) in [6, 6.07) is 17.5. The van der Waals surface area contributed by atoms with Crippen LogP contribution in [0.15, 0.2) is 60.8 Å². The van der Waals surface area contributed by atoms with Crippen LogP contribution in [0.1, 0.15) is 22.5 Å². The fraction of sp³-hybridized carbons (Fsp3) is 0.217. The van der Waals surface area contributed by atoms with Crippen LogP contribution in [-0.4, -0.2) is 30.6 Å². The highest BCUT2D eigenvalue weighted by atomic mass is 16.6. The Kier molecular flexibility index (Phi) is 4.52. The van der Waals surface area contributed by atoms with Crippen molar-refractivity contribution < 1.29 is 14.3 Å². The molecule has 0 spiro atoms. The fourth-order valence-corrected chi connectivity index (χ4v) is 3.80. The minimum Gasteiger partial charge on any atom is -0.486 e. The summed E-state index contributed by atoms with van der Waals surface area (Å²) in [5.41, 5.74) is 4.57. The standard InChI is InChI=1S/C23H21N3O3/c27-23(25-17-7-10-21-22(14-17)29-13-12-28-21)19-9-8-18(15-24-19)26-11-3-5-16-4-1-2-6-20(16)26/h1-2,4,6-10,14-15H,3,5,11-13H2,(H,25,27). The molecule has 0 aliphatic carbocycles. The number of rotatable bonds is 3. The van der Waals surface area contributed by atoms with Gasteiger partial charge >= 0.3 is 0 Å². The lowest BCUT2D eigenvalue weighted by atomic mass is 10.0. The molecule has 5 rings (SSSR count). The monoisotopic (exact) mass is 387 g/mol. The molecule has 6 heteroatoms. The van der Waals surface area contributed by atoms with E-state index in [9.17, 15) is 4.79 Å². The van der Waals surface area contributed by atoms with Crippen LogP contribution in [0.4, 0.5) is 17.1 Å². The number of benzene rings is 2. The summed E-state index contributed by atoms with van der Waals surface area (Å²) < 4.78 is 11.1. The number of carbonyl (C=O) groups is 1. The highest BCUT2D eigenvalue weighted by Crippen LogP contribution is 2.34. The number of pyridine rings is 1. The van der Waals surface area contributed by atoms with Crippen LogP contribution in [0, 0.1) is 0 Å². The molecular formula is C23H21N3O3. The number of hydrogen-bond donors (Lipinski definition) is 1. The SMILES string of the molecule is O=C(Nc1ccc2c(c1)OCCO2)c1ccc(N2CCCc3ccccc32)cn1. The zero-order valence-corrected chi connectivity index (χ0v) is 15.9. The Labute approximate surface area is 169 Å². The Morgan fingerprint density at radius 1 is 1.00 bits per heavy atom. The number of aryl methyl sites for hydroxylation is 1. The van der Waals surface area contributed by atoms with Gasteiger partial charge < -0.3 is 19.7 Å². The molecule has 0 unspecified atom stereocenters. The molecule has 29 heavy (non-hydrogen) atoms. The lowest BCUT2D eigenvalue weighted by Gasteiger charge is -2.31. The number of ether oxygens (including phenoxy) is 2. The van der Waals surface area contributed by atoms with E-state index in [-0.39, 0.29) is 5.91 Å². The number of para-hydroxylation sites is 1. The summed E-state index contributed by atoms with van der Waals surface area (Å²) in [7, 11) is 0. The zero-order valence-electron chi connectivity index (χ0n) is 15.9. The maximum atomic E-state index is 12.6. The second-order valence-electron chi connectivity index (χ2n) is 7.10. The number of amides is 1. The van der Waals surface area contributed by atoms with E-state index >= 15 is 0 Å². The van der Waals surface area contributed by atoms with Crippen molar-refractivity contribution in [2.75, 3.05) is 30.0 Å². The number of anilines is 3. The van der Waals surface area contributed by atoms with E-state index in [1.807, 2.05) is 6.07 Å². The molecule has 0 saturated heterocycles. The number of aromatic nitrogens is 1. The molecule has 146 valence electrons. The number of nitrogens with one attached hydrogen (secondary N) is 1. The van der Waals surface area contributed by atoms with Crippen molar-refractivity contribution in [1.29, 1.82) is 0 Å². The van der Waals surface area contributed by atoms with Crippen molar-refractivity contribution in [3.05, 3.63) is 72.1 Å². The molecule has 0 radical (unpaired) electrons. The second kappa shape index (κ2) is 7.47. The van der Waals surface area contributed by atoms with Crippen LogP contribution in [0.2, 0.25) is 0 Å². The van der Waals surface area contributed by atoms with Crippen molar-refractivity contribution in [3.8, 4) is 11.5 Å². The van der Waals surface area contributed by atoms with Crippen LogP contribution >= 0.6 is 0 Å². The summed E-state index contributed by atoms with van der Waals surface area (Å²) in [5.74, 6) is 1.08. The minimum atomic E-state index is -0.257. The smallest absolute Gasteiger partial charge is 0.274 e. The van der Waals surface area contributed by atoms with Crippen molar-refractivity contribution in [1.82, 2.24) is 4.98 Å². The molecule has 1 aromatic heterocycles. The average Bonchev–Trinajstić information content (AvgIpc) is 2.79. The third-order valence-electron chi connectivity index (χ3n) is 5.20. The zero-order chi connectivity index (χ0) is 19.6. The normalized spacial score (nSPS) is 14.8. The molecule has 2 aliphatic heterocycles. The lowest BCUT2D eigenvalue weighted by molar-refractivity contribution is 0.102. The fourth-order valence-electron chi connectivity index (χ4n) is 3.80. The van der Waals surface area contributed by atoms with Gasteiger partial charge in [0.1, 0.15) is 18.9 Å². The van der Waals surface area contributed by atoms with Crippen molar-refractivity contribution in [2.45, 2.75) is 12.8 Å². The quantitative estimate of drug-likeness (QED) is 0.730. The highest BCUT2D eigenvalue weighted by molar-refractivity contribution is 6.03. The number of fused-ring (bicyclic) bond motifs is 2. The van der Waals surface area contributed by atoms with Gasteiger partial charge in [0.25, 0.3) is 5.91 Å². The van der Waals surface area contributed by atoms with Gasteiger partial charge in [0.2, 0.25) is 0 Å². The summed E-state index contributed by atoms with van der Waals surface area (Å²) in [6.45, 7) is 1.99. The lowest BCUT2D eigenvalue weighted by Crippen LogP contribution is -2.24. The molecule has 0 atom stereocenters. The average molecular weight is 387 g/mol. The third kappa shape index (κ3) is 3.49. The van der Waals surface area contributed by atoms with E-state index < -0.39 is 0 Å². The Morgan fingerprint density at radius 2 is 1.86 bits per heavy atom. The van der Waals surface area contributed by atoms with Crippen LogP contribution < -0.4 is 19.7 Å².